The molecule has 0 unspecified atom stereocenters. The summed E-state index contributed by atoms with van der Waals surface area (Å²) in [5, 5.41) is 0. The van der Waals surface area contributed by atoms with E-state index in [9.17, 15) is 0 Å². The van der Waals surface area contributed by atoms with E-state index in [1.165, 1.54) is 0 Å². The maximum Gasteiger partial charge on any atom is 0.487 e. The summed E-state index contributed by atoms with van der Waals surface area (Å²) in [4.78, 5) is 0. The number of hydrogen-bond acceptors (Lipinski definition) is 4. The van der Waals surface area contributed by atoms with Gasteiger partial charge in [0.15, 0.2) is 11.5 Å². The van der Waals surface area contributed by atoms with Gasteiger partial charge in [0.2, 0.25) is 0 Å². The predicted molar refractivity (Wildman–Crippen MR) is 90.2 cm³/mol. The first-order chi connectivity index (χ1) is 10.3. The lowest BCUT2D eigenvalue weighted by Crippen LogP contribution is -2.41. The highest BCUT2D eigenvalue weighted by molar-refractivity contribution is 9.10. The van der Waals surface area contributed by atoms with Gasteiger partial charge in [-0.05, 0) is 61.3 Å². The number of hydrogen-bond donors (Lipinski definition) is 0. The fourth-order valence-electron chi connectivity index (χ4n) is 2.38. The van der Waals surface area contributed by atoms with E-state index in [-0.39, 0.29) is 18.3 Å². The molecule has 1 saturated heterocycles. The fraction of sp³-hybridized carbons (Fsp3) is 0.500. The summed E-state index contributed by atoms with van der Waals surface area (Å²) in [5.74, 6) is 3.45. The van der Waals surface area contributed by atoms with Crippen LogP contribution in [0.5, 0.6) is 11.5 Å². The predicted octanol–water partition coefficient (Wildman–Crippen LogP) is 3.86. The van der Waals surface area contributed by atoms with E-state index in [4.69, 9.17) is 18.8 Å². The van der Waals surface area contributed by atoms with E-state index in [1.54, 1.807) is 0 Å². The Labute approximate surface area is 140 Å². The second-order valence-corrected chi connectivity index (χ2v) is 7.37. The molecule has 22 heavy (non-hydrogen) atoms. The molecule has 0 aliphatic carbocycles. The van der Waals surface area contributed by atoms with Crippen LogP contribution in [0.15, 0.2) is 22.6 Å². The van der Waals surface area contributed by atoms with Gasteiger partial charge in [0.1, 0.15) is 13.2 Å². The topological polar surface area (TPSA) is 36.9 Å². The SMILES string of the molecule is CC1(C)OB(/C=C/c2cc(Br)c3c(c2)OCCO3)OC1(C)C. The number of rotatable bonds is 2. The fourth-order valence-corrected chi connectivity index (χ4v) is 2.96. The Bertz CT molecular complexity index is 596. The zero-order chi connectivity index (χ0) is 16.0. The summed E-state index contributed by atoms with van der Waals surface area (Å²) < 4.78 is 24.0. The van der Waals surface area contributed by atoms with Crippen LogP contribution < -0.4 is 9.47 Å². The summed E-state index contributed by atoms with van der Waals surface area (Å²) in [6.45, 7) is 9.32. The van der Waals surface area contributed by atoms with Crippen molar-refractivity contribution in [1.82, 2.24) is 0 Å². The molecule has 0 bridgehead atoms. The van der Waals surface area contributed by atoms with E-state index in [0.29, 0.717) is 13.2 Å². The molecule has 0 aromatic heterocycles. The first-order valence-electron chi connectivity index (χ1n) is 7.41. The largest absolute Gasteiger partial charge is 0.487 e. The summed E-state index contributed by atoms with van der Waals surface area (Å²) in [7, 11) is -0.350. The van der Waals surface area contributed by atoms with Crippen LogP contribution in [0.1, 0.15) is 33.3 Å². The maximum atomic E-state index is 5.95. The number of fused-ring (bicyclic) bond motifs is 1. The molecule has 2 heterocycles. The van der Waals surface area contributed by atoms with Crippen LogP contribution in [-0.4, -0.2) is 31.5 Å². The van der Waals surface area contributed by atoms with Crippen LogP contribution in [-0.2, 0) is 9.31 Å². The Morgan fingerprint density at radius 3 is 2.36 bits per heavy atom. The van der Waals surface area contributed by atoms with Gasteiger partial charge in [0, 0.05) is 0 Å². The van der Waals surface area contributed by atoms with Gasteiger partial charge in [0.25, 0.3) is 0 Å². The zero-order valence-corrected chi connectivity index (χ0v) is 14.9. The first-order valence-corrected chi connectivity index (χ1v) is 8.21. The highest BCUT2D eigenvalue weighted by Crippen LogP contribution is 2.40. The minimum Gasteiger partial charge on any atom is -0.486 e. The van der Waals surface area contributed by atoms with E-state index >= 15 is 0 Å². The Morgan fingerprint density at radius 1 is 1.05 bits per heavy atom. The lowest BCUT2D eigenvalue weighted by molar-refractivity contribution is 0.00578. The molecule has 118 valence electrons. The molecule has 1 aromatic carbocycles. The molecule has 0 amide bonds. The molecule has 3 rings (SSSR count). The highest BCUT2D eigenvalue weighted by atomic mass is 79.9. The van der Waals surface area contributed by atoms with Gasteiger partial charge in [-0.15, -0.1) is 0 Å². The van der Waals surface area contributed by atoms with Gasteiger partial charge in [-0.25, -0.2) is 0 Å². The number of ether oxygens (including phenoxy) is 2. The van der Waals surface area contributed by atoms with Gasteiger partial charge in [-0.1, -0.05) is 12.1 Å². The summed E-state index contributed by atoms with van der Waals surface area (Å²) in [6.07, 6.45) is 1.98. The lowest BCUT2D eigenvalue weighted by atomic mass is 9.89. The second-order valence-electron chi connectivity index (χ2n) is 6.51. The minimum atomic E-state index is -0.350. The second kappa shape index (κ2) is 5.58. The molecule has 4 nitrogen and oxygen atoms in total. The third kappa shape index (κ3) is 2.92. The average molecular weight is 367 g/mol. The molecule has 2 aliphatic rings. The molecule has 1 aromatic rings. The van der Waals surface area contributed by atoms with E-state index in [2.05, 4.69) is 15.9 Å². The maximum absolute atomic E-state index is 5.95. The Kier molecular flexibility index (Phi) is 4.04. The Hall–Kier alpha value is -0.975. The molecule has 0 N–H and O–H groups in total. The summed E-state index contributed by atoms with van der Waals surface area (Å²) in [6, 6.07) is 3.95. The molecule has 6 heteroatoms. The normalized spacial score (nSPS) is 22.3. The van der Waals surface area contributed by atoms with Crippen LogP contribution in [0, 0.1) is 0 Å². The van der Waals surface area contributed by atoms with Gasteiger partial charge in [0.05, 0.1) is 15.7 Å². The van der Waals surface area contributed by atoms with Crippen molar-refractivity contribution in [3.8, 4) is 11.5 Å². The number of benzene rings is 1. The van der Waals surface area contributed by atoms with Crippen LogP contribution in [0.25, 0.3) is 6.08 Å². The van der Waals surface area contributed by atoms with Crippen molar-refractivity contribution in [2.24, 2.45) is 0 Å². The van der Waals surface area contributed by atoms with Crippen LogP contribution >= 0.6 is 15.9 Å². The van der Waals surface area contributed by atoms with E-state index in [1.807, 2.05) is 51.9 Å². The molecule has 0 radical (unpaired) electrons. The summed E-state index contributed by atoms with van der Waals surface area (Å²) in [5.41, 5.74) is 0.357. The molecular formula is C16H20BBrO4. The van der Waals surface area contributed by atoms with Gasteiger partial charge < -0.3 is 18.8 Å². The number of halogens is 1. The first kappa shape index (κ1) is 15.9. The highest BCUT2D eigenvalue weighted by Gasteiger charge is 2.49. The molecular weight excluding hydrogens is 347 g/mol. The van der Waals surface area contributed by atoms with Gasteiger partial charge in [-0.2, -0.15) is 0 Å². The van der Waals surface area contributed by atoms with Crippen LogP contribution in [0.2, 0.25) is 0 Å². The van der Waals surface area contributed by atoms with Crippen molar-refractivity contribution in [1.29, 1.82) is 0 Å². The Morgan fingerprint density at radius 2 is 1.68 bits per heavy atom. The Balaban J connectivity index is 1.78. The molecule has 0 atom stereocenters. The van der Waals surface area contributed by atoms with Gasteiger partial charge in [-0.3, -0.25) is 0 Å². The molecule has 1 fully saturated rings. The standard InChI is InChI=1S/C16H20BBrO4/c1-15(2)16(3,4)22-17(21-15)6-5-11-9-12(18)14-13(10-11)19-7-8-20-14/h5-6,9-10H,7-8H2,1-4H3/b6-5+. The molecule has 0 spiro atoms. The van der Waals surface area contributed by atoms with Crippen LogP contribution in [0.3, 0.4) is 0 Å². The average Bonchev–Trinajstić information content (AvgIpc) is 2.65. The molecule has 2 aliphatic heterocycles. The summed E-state index contributed by atoms with van der Waals surface area (Å²) >= 11 is 3.52. The van der Waals surface area contributed by atoms with Crippen molar-refractivity contribution in [2.45, 2.75) is 38.9 Å². The van der Waals surface area contributed by atoms with E-state index < -0.39 is 0 Å². The third-order valence-corrected chi connectivity index (χ3v) is 4.93. The quantitative estimate of drug-likeness (QED) is 0.744. The minimum absolute atomic E-state index is 0.324. The smallest absolute Gasteiger partial charge is 0.486 e. The third-order valence-electron chi connectivity index (χ3n) is 4.34. The lowest BCUT2D eigenvalue weighted by Gasteiger charge is -2.32. The van der Waals surface area contributed by atoms with Crippen molar-refractivity contribution >= 4 is 29.1 Å². The van der Waals surface area contributed by atoms with E-state index in [0.717, 1.165) is 21.5 Å². The van der Waals surface area contributed by atoms with Crippen molar-refractivity contribution < 1.29 is 18.8 Å². The monoisotopic (exact) mass is 366 g/mol. The van der Waals surface area contributed by atoms with Crippen molar-refractivity contribution in [2.75, 3.05) is 13.2 Å². The van der Waals surface area contributed by atoms with Gasteiger partial charge >= 0.3 is 7.12 Å². The van der Waals surface area contributed by atoms with Crippen molar-refractivity contribution in [3.05, 3.63) is 28.1 Å². The zero-order valence-electron chi connectivity index (χ0n) is 13.3. The molecule has 0 saturated carbocycles. The van der Waals surface area contributed by atoms with Crippen LogP contribution in [0.4, 0.5) is 0 Å². The van der Waals surface area contributed by atoms with Crippen molar-refractivity contribution in [3.63, 3.8) is 0 Å².